The van der Waals surface area contributed by atoms with Gasteiger partial charge in [-0.2, -0.15) is 0 Å². The predicted octanol–water partition coefficient (Wildman–Crippen LogP) is 2.64. The van der Waals surface area contributed by atoms with E-state index in [1.165, 1.54) is 0 Å². The van der Waals surface area contributed by atoms with Crippen molar-refractivity contribution in [2.45, 2.75) is 52.2 Å². The molecule has 86 valence electrons. The molecule has 0 bridgehead atoms. The molecule has 0 atom stereocenters. The Morgan fingerprint density at radius 3 is 2.53 bits per heavy atom. The van der Waals surface area contributed by atoms with Gasteiger partial charge in [0.2, 0.25) is 0 Å². The van der Waals surface area contributed by atoms with E-state index in [9.17, 15) is 4.79 Å². The van der Waals surface area contributed by atoms with E-state index >= 15 is 0 Å². The maximum atomic E-state index is 11.5. The molecule has 1 heterocycles. The van der Waals surface area contributed by atoms with Crippen LogP contribution in [0.25, 0.3) is 0 Å². The van der Waals surface area contributed by atoms with Gasteiger partial charge in [-0.25, -0.2) is 0 Å². The van der Waals surface area contributed by atoms with Crippen LogP contribution in [0, 0.1) is 0 Å². The minimum atomic E-state index is -0.406. The van der Waals surface area contributed by atoms with Crippen LogP contribution in [0.15, 0.2) is 4.99 Å². The summed E-state index contributed by atoms with van der Waals surface area (Å²) in [6.45, 7) is 9.76. The molecule has 4 heteroatoms. The SMILES string of the molecule is CC1(C)CSC(CC(=O)OC(C)(C)C)=N1. The monoisotopic (exact) mass is 229 g/mol. The molecule has 1 aliphatic rings. The van der Waals surface area contributed by atoms with Gasteiger partial charge in [-0.15, -0.1) is 11.8 Å². The van der Waals surface area contributed by atoms with Crippen LogP contribution in [-0.4, -0.2) is 27.9 Å². The van der Waals surface area contributed by atoms with Crippen molar-refractivity contribution in [1.82, 2.24) is 0 Å². The molecule has 0 aliphatic carbocycles. The highest BCUT2D eigenvalue weighted by Crippen LogP contribution is 2.28. The molecule has 0 saturated heterocycles. The zero-order valence-corrected chi connectivity index (χ0v) is 10.9. The number of carbonyl (C=O) groups is 1. The number of nitrogens with zero attached hydrogens (tertiary/aromatic N) is 1. The van der Waals surface area contributed by atoms with E-state index in [-0.39, 0.29) is 11.5 Å². The molecule has 3 nitrogen and oxygen atoms in total. The zero-order valence-electron chi connectivity index (χ0n) is 10.1. The zero-order chi connectivity index (χ0) is 11.7. The van der Waals surface area contributed by atoms with E-state index in [0.29, 0.717) is 6.42 Å². The van der Waals surface area contributed by atoms with Gasteiger partial charge in [0.15, 0.2) is 0 Å². The fraction of sp³-hybridized carbons (Fsp3) is 0.818. The number of esters is 1. The lowest BCUT2D eigenvalue weighted by Crippen LogP contribution is -2.24. The third-order valence-corrected chi connectivity index (χ3v) is 3.15. The number of carbonyl (C=O) groups excluding carboxylic acids is 1. The summed E-state index contributed by atoms with van der Waals surface area (Å²) in [5.41, 5.74) is -0.432. The number of ether oxygens (including phenoxy) is 1. The van der Waals surface area contributed by atoms with Crippen molar-refractivity contribution >= 4 is 22.8 Å². The average molecular weight is 229 g/mol. The van der Waals surface area contributed by atoms with Gasteiger partial charge in [0.05, 0.1) is 17.0 Å². The molecular weight excluding hydrogens is 210 g/mol. The second-order valence-electron chi connectivity index (χ2n) is 5.37. The third kappa shape index (κ3) is 4.69. The van der Waals surface area contributed by atoms with Crippen LogP contribution >= 0.6 is 11.8 Å². The van der Waals surface area contributed by atoms with Crippen molar-refractivity contribution in [3.05, 3.63) is 0 Å². The van der Waals surface area contributed by atoms with Crippen LogP contribution in [0.1, 0.15) is 41.0 Å². The first-order valence-electron chi connectivity index (χ1n) is 5.11. The first kappa shape index (κ1) is 12.6. The van der Waals surface area contributed by atoms with Crippen LogP contribution in [0.5, 0.6) is 0 Å². The lowest BCUT2D eigenvalue weighted by atomic mass is 10.1. The molecule has 0 amide bonds. The topological polar surface area (TPSA) is 38.7 Å². The van der Waals surface area contributed by atoms with Crippen LogP contribution in [-0.2, 0) is 9.53 Å². The molecule has 0 aromatic carbocycles. The van der Waals surface area contributed by atoms with Gasteiger partial charge in [-0.3, -0.25) is 9.79 Å². The number of aliphatic imine (C=N–C) groups is 1. The molecule has 0 spiro atoms. The van der Waals surface area contributed by atoms with Crippen LogP contribution in [0.3, 0.4) is 0 Å². The molecule has 15 heavy (non-hydrogen) atoms. The highest BCUT2D eigenvalue weighted by atomic mass is 32.2. The van der Waals surface area contributed by atoms with Crippen LogP contribution < -0.4 is 0 Å². The maximum absolute atomic E-state index is 11.5. The van der Waals surface area contributed by atoms with Crippen molar-refractivity contribution in [1.29, 1.82) is 0 Å². The van der Waals surface area contributed by atoms with E-state index in [1.54, 1.807) is 11.8 Å². The van der Waals surface area contributed by atoms with Gasteiger partial charge >= 0.3 is 5.97 Å². The number of hydrogen-bond acceptors (Lipinski definition) is 4. The molecule has 0 saturated carbocycles. The molecule has 0 fully saturated rings. The molecule has 0 aromatic heterocycles. The summed E-state index contributed by atoms with van der Waals surface area (Å²) in [7, 11) is 0. The van der Waals surface area contributed by atoms with E-state index in [4.69, 9.17) is 4.74 Å². The summed E-state index contributed by atoms with van der Waals surface area (Å²) in [5.74, 6) is 0.761. The molecule has 0 aromatic rings. The Labute approximate surface area is 95.7 Å². The minimum Gasteiger partial charge on any atom is -0.460 e. The first-order valence-corrected chi connectivity index (χ1v) is 6.10. The standard InChI is InChI=1S/C11H19NO2S/c1-10(2,3)14-9(13)6-8-12-11(4,5)7-15-8/h6-7H2,1-5H3. The summed E-state index contributed by atoms with van der Waals surface area (Å²) >= 11 is 1.65. The number of hydrogen-bond donors (Lipinski definition) is 0. The molecule has 1 aliphatic heterocycles. The Morgan fingerprint density at radius 1 is 1.53 bits per heavy atom. The van der Waals surface area contributed by atoms with Crippen molar-refractivity contribution in [2.24, 2.45) is 4.99 Å². The van der Waals surface area contributed by atoms with Gasteiger partial charge in [0.25, 0.3) is 0 Å². The second-order valence-corrected chi connectivity index (χ2v) is 6.42. The van der Waals surface area contributed by atoms with Gasteiger partial charge in [-0.05, 0) is 34.6 Å². The van der Waals surface area contributed by atoms with Crippen molar-refractivity contribution in [2.75, 3.05) is 5.75 Å². The largest absolute Gasteiger partial charge is 0.460 e. The first-order chi connectivity index (χ1) is 6.68. The fourth-order valence-corrected chi connectivity index (χ4v) is 2.37. The van der Waals surface area contributed by atoms with Crippen molar-refractivity contribution in [3.63, 3.8) is 0 Å². The lowest BCUT2D eigenvalue weighted by molar-refractivity contribution is -0.153. The third-order valence-electron chi connectivity index (χ3n) is 1.73. The molecule has 0 radical (unpaired) electrons. The highest BCUT2D eigenvalue weighted by molar-refractivity contribution is 8.14. The molecule has 1 rings (SSSR count). The Kier molecular flexibility index (Phi) is 3.48. The van der Waals surface area contributed by atoms with Crippen molar-refractivity contribution in [3.8, 4) is 0 Å². The van der Waals surface area contributed by atoms with E-state index in [2.05, 4.69) is 18.8 Å². The summed E-state index contributed by atoms with van der Waals surface area (Å²) < 4.78 is 5.23. The molecule has 0 N–H and O–H groups in total. The molecule has 0 unspecified atom stereocenters. The Morgan fingerprint density at radius 2 is 2.13 bits per heavy atom. The van der Waals surface area contributed by atoms with Crippen molar-refractivity contribution < 1.29 is 9.53 Å². The van der Waals surface area contributed by atoms with Crippen LogP contribution in [0.4, 0.5) is 0 Å². The summed E-state index contributed by atoms with van der Waals surface area (Å²) in [6.07, 6.45) is 0.311. The average Bonchev–Trinajstić information content (AvgIpc) is 2.25. The Bertz CT molecular complexity index is 289. The van der Waals surface area contributed by atoms with Gasteiger partial charge in [-0.1, -0.05) is 0 Å². The Hall–Kier alpha value is -0.510. The number of thioether (sulfide) groups is 1. The fourth-order valence-electron chi connectivity index (χ4n) is 1.25. The predicted molar refractivity (Wildman–Crippen MR) is 64.4 cm³/mol. The number of rotatable bonds is 2. The summed E-state index contributed by atoms with van der Waals surface area (Å²) in [6, 6.07) is 0. The maximum Gasteiger partial charge on any atom is 0.312 e. The van der Waals surface area contributed by atoms with Crippen LogP contribution in [0.2, 0.25) is 0 Å². The quantitative estimate of drug-likeness (QED) is 0.683. The lowest BCUT2D eigenvalue weighted by Gasteiger charge is -2.19. The Balaban J connectivity index is 2.47. The second kappa shape index (κ2) is 4.16. The van der Waals surface area contributed by atoms with Gasteiger partial charge in [0, 0.05) is 5.75 Å². The smallest absolute Gasteiger partial charge is 0.312 e. The van der Waals surface area contributed by atoms with E-state index in [1.807, 2.05) is 20.8 Å². The normalized spacial score (nSPS) is 19.9. The van der Waals surface area contributed by atoms with Gasteiger partial charge < -0.3 is 4.74 Å². The minimum absolute atomic E-state index is 0.0258. The van der Waals surface area contributed by atoms with E-state index in [0.717, 1.165) is 10.8 Å². The summed E-state index contributed by atoms with van der Waals surface area (Å²) in [5, 5.41) is 0.897. The highest BCUT2D eigenvalue weighted by Gasteiger charge is 2.27. The molecular formula is C11H19NO2S. The van der Waals surface area contributed by atoms with Gasteiger partial charge in [0.1, 0.15) is 5.60 Å². The van der Waals surface area contributed by atoms with E-state index < -0.39 is 5.60 Å². The summed E-state index contributed by atoms with van der Waals surface area (Å²) in [4.78, 5) is 16.0.